The van der Waals surface area contributed by atoms with Crippen molar-refractivity contribution in [3.8, 4) is 0 Å². The summed E-state index contributed by atoms with van der Waals surface area (Å²) in [6, 6.07) is 0. The Bertz CT molecular complexity index is 235. The summed E-state index contributed by atoms with van der Waals surface area (Å²) >= 11 is 0. The minimum Gasteiger partial charge on any atom is -0.358 e. The van der Waals surface area contributed by atoms with Gasteiger partial charge in [0.05, 0.1) is 0 Å². The van der Waals surface area contributed by atoms with Crippen molar-refractivity contribution in [1.29, 1.82) is 0 Å². The van der Waals surface area contributed by atoms with Crippen LogP contribution in [-0.2, 0) is 14.3 Å². The third-order valence-electron chi connectivity index (χ3n) is 2.04. The van der Waals surface area contributed by atoms with E-state index in [2.05, 4.69) is 0 Å². The Balaban J connectivity index is 2.12. The van der Waals surface area contributed by atoms with Crippen LogP contribution in [0.1, 0.15) is 12.8 Å². The van der Waals surface area contributed by atoms with Crippen molar-refractivity contribution >= 4 is 11.8 Å². The number of carbonyl (C=O) groups is 2. The van der Waals surface area contributed by atoms with Crippen LogP contribution in [0.2, 0.25) is 0 Å². The van der Waals surface area contributed by atoms with Gasteiger partial charge in [-0.15, -0.1) is 0 Å². The first-order valence-electron chi connectivity index (χ1n) is 3.96. The molecule has 2 aliphatic rings. The van der Waals surface area contributed by atoms with E-state index in [1.807, 2.05) is 0 Å². The summed E-state index contributed by atoms with van der Waals surface area (Å²) < 4.78 is 5.22. The summed E-state index contributed by atoms with van der Waals surface area (Å²) in [6.45, 7) is 0.641. The van der Waals surface area contributed by atoms with Crippen LogP contribution in [0.5, 0.6) is 0 Å². The Labute approximate surface area is 69.8 Å². The number of hydrogen-bond donors (Lipinski definition) is 0. The highest BCUT2D eigenvalue weighted by Crippen LogP contribution is 2.19. The van der Waals surface area contributed by atoms with Gasteiger partial charge in [-0.1, -0.05) is 0 Å². The number of carbonyl (C=O) groups excluding carboxylic acids is 2. The number of hydrogen-bond acceptors (Lipinski definition) is 3. The minimum absolute atomic E-state index is 0.257. The molecular formula is C8H9NO3. The normalized spacial score (nSPS) is 29.0. The second kappa shape index (κ2) is 2.71. The van der Waals surface area contributed by atoms with Crippen molar-refractivity contribution in [2.24, 2.45) is 0 Å². The zero-order chi connectivity index (χ0) is 8.55. The Morgan fingerprint density at radius 3 is 2.50 bits per heavy atom. The lowest BCUT2D eigenvalue weighted by atomic mass is 10.3. The van der Waals surface area contributed by atoms with Crippen LogP contribution in [0, 0.1) is 0 Å². The van der Waals surface area contributed by atoms with Gasteiger partial charge in [-0.2, -0.15) is 0 Å². The Morgan fingerprint density at radius 1 is 1.33 bits per heavy atom. The fraction of sp³-hybridized carbons (Fsp3) is 0.500. The highest BCUT2D eigenvalue weighted by Gasteiger charge is 2.33. The zero-order valence-corrected chi connectivity index (χ0v) is 6.53. The van der Waals surface area contributed by atoms with E-state index in [9.17, 15) is 9.59 Å². The molecule has 1 saturated heterocycles. The molecule has 0 aliphatic carbocycles. The van der Waals surface area contributed by atoms with Gasteiger partial charge < -0.3 is 4.74 Å². The van der Waals surface area contributed by atoms with Crippen LogP contribution in [0.4, 0.5) is 0 Å². The zero-order valence-electron chi connectivity index (χ0n) is 6.53. The quantitative estimate of drug-likeness (QED) is 0.518. The molecule has 12 heavy (non-hydrogen) atoms. The van der Waals surface area contributed by atoms with Crippen LogP contribution in [0.25, 0.3) is 0 Å². The molecule has 0 aromatic rings. The molecule has 0 aromatic carbocycles. The molecule has 2 rings (SSSR count). The van der Waals surface area contributed by atoms with E-state index in [0.717, 1.165) is 12.8 Å². The summed E-state index contributed by atoms with van der Waals surface area (Å²) in [5.41, 5.74) is 0. The molecule has 2 aliphatic heterocycles. The SMILES string of the molecule is O=C1C=CC(=O)N1C1CCCO1. The molecule has 2 heterocycles. The molecule has 1 atom stereocenters. The smallest absolute Gasteiger partial charge is 0.255 e. The summed E-state index contributed by atoms with van der Waals surface area (Å²) in [4.78, 5) is 23.4. The van der Waals surface area contributed by atoms with Crippen LogP contribution in [-0.4, -0.2) is 29.5 Å². The van der Waals surface area contributed by atoms with Crippen LogP contribution < -0.4 is 0 Å². The van der Waals surface area contributed by atoms with Gasteiger partial charge in [-0.3, -0.25) is 9.59 Å². The lowest BCUT2D eigenvalue weighted by Gasteiger charge is -2.20. The molecule has 0 N–H and O–H groups in total. The fourth-order valence-corrected chi connectivity index (χ4v) is 1.46. The summed E-state index contributed by atoms with van der Waals surface area (Å²) in [5, 5.41) is 0. The summed E-state index contributed by atoms with van der Waals surface area (Å²) in [7, 11) is 0. The van der Waals surface area contributed by atoms with Gasteiger partial charge in [-0.05, 0) is 12.8 Å². The van der Waals surface area contributed by atoms with E-state index in [-0.39, 0.29) is 18.0 Å². The van der Waals surface area contributed by atoms with Crippen molar-refractivity contribution in [3.05, 3.63) is 12.2 Å². The first-order valence-corrected chi connectivity index (χ1v) is 3.96. The van der Waals surface area contributed by atoms with E-state index in [4.69, 9.17) is 4.74 Å². The number of ether oxygens (including phenoxy) is 1. The molecule has 1 fully saturated rings. The highest BCUT2D eigenvalue weighted by molar-refractivity contribution is 6.13. The highest BCUT2D eigenvalue weighted by atomic mass is 16.5. The van der Waals surface area contributed by atoms with E-state index < -0.39 is 0 Å². The van der Waals surface area contributed by atoms with Gasteiger partial charge in [-0.25, -0.2) is 4.90 Å². The topological polar surface area (TPSA) is 46.6 Å². The third-order valence-corrected chi connectivity index (χ3v) is 2.04. The first kappa shape index (κ1) is 7.49. The van der Waals surface area contributed by atoms with E-state index in [1.54, 1.807) is 0 Å². The van der Waals surface area contributed by atoms with Crippen molar-refractivity contribution < 1.29 is 14.3 Å². The Kier molecular flexibility index (Phi) is 1.69. The van der Waals surface area contributed by atoms with E-state index >= 15 is 0 Å². The minimum atomic E-state index is -0.319. The lowest BCUT2D eigenvalue weighted by Crippen LogP contribution is -2.39. The van der Waals surface area contributed by atoms with Gasteiger partial charge in [0.15, 0.2) is 0 Å². The summed E-state index contributed by atoms with van der Waals surface area (Å²) in [6.07, 6.45) is 3.93. The Morgan fingerprint density at radius 2 is 2.00 bits per heavy atom. The van der Waals surface area contributed by atoms with Gasteiger partial charge in [0.25, 0.3) is 11.8 Å². The molecular weight excluding hydrogens is 158 g/mol. The van der Waals surface area contributed by atoms with Gasteiger partial charge in [0.2, 0.25) is 0 Å². The molecule has 0 aromatic heterocycles. The molecule has 4 nitrogen and oxygen atoms in total. The van der Waals surface area contributed by atoms with Crippen molar-refractivity contribution in [2.45, 2.75) is 19.1 Å². The second-order valence-corrected chi connectivity index (χ2v) is 2.85. The van der Waals surface area contributed by atoms with Crippen LogP contribution >= 0.6 is 0 Å². The molecule has 1 unspecified atom stereocenters. The number of amides is 2. The van der Waals surface area contributed by atoms with E-state index in [0.29, 0.717) is 6.61 Å². The molecule has 0 bridgehead atoms. The monoisotopic (exact) mass is 167 g/mol. The van der Waals surface area contributed by atoms with Crippen LogP contribution in [0.15, 0.2) is 12.2 Å². The second-order valence-electron chi connectivity index (χ2n) is 2.85. The van der Waals surface area contributed by atoms with Crippen LogP contribution in [0.3, 0.4) is 0 Å². The largest absolute Gasteiger partial charge is 0.358 e. The predicted octanol–water partition coefficient (Wildman–Crippen LogP) is 0.0479. The molecule has 0 radical (unpaired) electrons. The van der Waals surface area contributed by atoms with Crippen molar-refractivity contribution in [2.75, 3.05) is 6.61 Å². The average molecular weight is 167 g/mol. The van der Waals surface area contributed by atoms with E-state index in [1.165, 1.54) is 17.1 Å². The first-order chi connectivity index (χ1) is 5.79. The van der Waals surface area contributed by atoms with Gasteiger partial charge >= 0.3 is 0 Å². The van der Waals surface area contributed by atoms with Gasteiger partial charge in [0, 0.05) is 18.8 Å². The maximum absolute atomic E-state index is 11.1. The fourth-order valence-electron chi connectivity index (χ4n) is 1.46. The number of nitrogens with zero attached hydrogens (tertiary/aromatic N) is 1. The standard InChI is InChI=1S/C8H9NO3/c10-6-3-4-7(11)9(6)8-2-1-5-12-8/h3-4,8H,1-2,5H2. The maximum atomic E-state index is 11.1. The van der Waals surface area contributed by atoms with Gasteiger partial charge in [0.1, 0.15) is 6.23 Å². The molecule has 4 heteroatoms. The molecule has 2 amide bonds. The lowest BCUT2D eigenvalue weighted by molar-refractivity contribution is -0.148. The maximum Gasteiger partial charge on any atom is 0.255 e. The third kappa shape index (κ3) is 1.04. The van der Waals surface area contributed by atoms with Crippen molar-refractivity contribution in [1.82, 2.24) is 4.90 Å². The molecule has 64 valence electrons. The molecule has 0 saturated carbocycles. The number of imide groups is 1. The summed E-state index contributed by atoms with van der Waals surface area (Å²) in [5.74, 6) is -0.515. The predicted molar refractivity (Wildman–Crippen MR) is 40.0 cm³/mol. The molecule has 0 spiro atoms. The number of rotatable bonds is 1. The Hall–Kier alpha value is -1.16. The average Bonchev–Trinajstić information content (AvgIpc) is 2.61. The van der Waals surface area contributed by atoms with Crippen molar-refractivity contribution in [3.63, 3.8) is 0 Å².